The van der Waals surface area contributed by atoms with Crippen molar-refractivity contribution in [3.8, 4) is 22.9 Å². The highest BCUT2D eigenvalue weighted by Gasteiger charge is 2.21. The second-order valence-electron chi connectivity index (χ2n) is 9.63. The average Bonchev–Trinajstić information content (AvgIpc) is 3.21. The third kappa shape index (κ3) is 4.04. The van der Waals surface area contributed by atoms with Gasteiger partial charge in [-0.25, -0.2) is 4.79 Å². The Morgan fingerprint density at radius 2 is 1.79 bits per heavy atom. The minimum Gasteiger partial charge on any atom is -0.404 e. The Bertz CT molecular complexity index is 1830. The van der Waals surface area contributed by atoms with Crippen molar-refractivity contribution in [1.29, 1.82) is 5.26 Å². The summed E-state index contributed by atoms with van der Waals surface area (Å²) in [6.07, 6.45) is 6.68. The molecule has 2 aromatic carbocycles. The second kappa shape index (κ2) is 9.45. The van der Waals surface area contributed by atoms with E-state index in [1.165, 1.54) is 6.20 Å². The lowest BCUT2D eigenvalue weighted by Crippen LogP contribution is -2.21. The van der Waals surface area contributed by atoms with Gasteiger partial charge in [-0.15, -0.1) is 0 Å². The van der Waals surface area contributed by atoms with Crippen LogP contribution in [-0.4, -0.2) is 32.4 Å². The zero-order valence-electron chi connectivity index (χ0n) is 21.7. The fraction of sp³-hybridized carbons (Fsp3) is 0.167. The molecule has 188 valence electrons. The summed E-state index contributed by atoms with van der Waals surface area (Å²) in [5, 5.41) is 10.4. The minimum absolute atomic E-state index is 0.170. The van der Waals surface area contributed by atoms with Crippen LogP contribution in [0.25, 0.3) is 44.3 Å². The molecule has 0 amide bonds. The smallest absolute Gasteiger partial charge is 0.333 e. The molecule has 8 heteroatoms. The van der Waals surface area contributed by atoms with Gasteiger partial charge in [0, 0.05) is 49.2 Å². The monoisotopic (exact) mass is 501 g/mol. The molecule has 0 aliphatic rings. The van der Waals surface area contributed by atoms with E-state index in [0.29, 0.717) is 0 Å². The molecule has 3 heterocycles. The first-order chi connectivity index (χ1) is 18.3. The molecule has 0 fully saturated rings. The summed E-state index contributed by atoms with van der Waals surface area (Å²) in [7, 11) is 3.43. The summed E-state index contributed by atoms with van der Waals surface area (Å²) in [5.41, 5.74) is 12.2. The van der Waals surface area contributed by atoms with Crippen LogP contribution in [0.15, 0.2) is 83.0 Å². The van der Waals surface area contributed by atoms with Crippen molar-refractivity contribution < 1.29 is 0 Å². The number of aromatic nitrogens is 4. The number of aryl methyl sites for hydroxylation is 1. The maximum absolute atomic E-state index is 13.4. The lowest BCUT2D eigenvalue weighted by atomic mass is 9.86. The summed E-state index contributed by atoms with van der Waals surface area (Å²) in [5.74, 6) is 0. The molecule has 0 saturated heterocycles. The van der Waals surface area contributed by atoms with Crippen LogP contribution < -0.4 is 11.4 Å². The maximum Gasteiger partial charge on any atom is 0.333 e. The van der Waals surface area contributed by atoms with Crippen LogP contribution in [-0.2, 0) is 12.5 Å². The van der Waals surface area contributed by atoms with E-state index < -0.39 is 5.41 Å². The Kier molecular flexibility index (Phi) is 6.13. The quantitative estimate of drug-likeness (QED) is 0.349. The van der Waals surface area contributed by atoms with Gasteiger partial charge in [-0.05, 0) is 55.3 Å². The molecule has 0 atom stereocenters. The van der Waals surface area contributed by atoms with E-state index in [1.807, 2.05) is 68.4 Å². The number of hydrogen-bond donors (Lipinski definition) is 1. The van der Waals surface area contributed by atoms with E-state index in [4.69, 9.17) is 5.73 Å². The van der Waals surface area contributed by atoms with Crippen molar-refractivity contribution in [1.82, 2.24) is 19.1 Å². The van der Waals surface area contributed by atoms with Gasteiger partial charge in [-0.1, -0.05) is 24.3 Å². The van der Waals surface area contributed by atoms with E-state index in [0.717, 1.165) is 55.6 Å². The Morgan fingerprint density at radius 3 is 2.42 bits per heavy atom. The first-order valence-corrected chi connectivity index (χ1v) is 12.1. The molecule has 0 radical (unpaired) electrons. The Hall–Kier alpha value is -5.03. The number of nitrogens with zero attached hydrogens (tertiary/aromatic N) is 6. The van der Waals surface area contributed by atoms with Crippen molar-refractivity contribution in [3.63, 3.8) is 0 Å². The highest BCUT2D eigenvalue weighted by molar-refractivity contribution is 6.09. The number of nitriles is 1. The number of nitrogens with two attached hydrogens (primary N) is 1. The third-order valence-corrected chi connectivity index (χ3v) is 6.85. The van der Waals surface area contributed by atoms with Crippen molar-refractivity contribution in [2.45, 2.75) is 19.3 Å². The van der Waals surface area contributed by atoms with Crippen molar-refractivity contribution >= 4 is 33.7 Å². The van der Waals surface area contributed by atoms with E-state index in [1.54, 1.807) is 41.8 Å². The predicted octanol–water partition coefficient (Wildman–Crippen LogP) is 4.74. The van der Waals surface area contributed by atoms with Crippen molar-refractivity contribution in [3.05, 3.63) is 94.9 Å². The standard InChI is InChI=1S/C30H27N7O/c1-30(2,18-32)22-7-9-23(10-8-22)37-28-24-13-19(5-12-26(24)35-17-27(28)36(4)29(37)38)20-6-11-25(34-16-20)21(14-31)15-33-3/h5-17H,31H2,1-4H3. The number of rotatable bonds is 5. The molecule has 0 unspecified atom stereocenters. The van der Waals surface area contributed by atoms with Gasteiger partial charge < -0.3 is 5.73 Å². The Labute approximate surface area is 220 Å². The largest absolute Gasteiger partial charge is 0.404 e. The first kappa shape index (κ1) is 24.7. The molecule has 0 saturated carbocycles. The van der Waals surface area contributed by atoms with Gasteiger partial charge >= 0.3 is 5.69 Å². The molecule has 3 aromatic heterocycles. The molecule has 5 rings (SSSR count). The van der Waals surface area contributed by atoms with Gasteiger partial charge in [0.25, 0.3) is 0 Å². The van der Waals surface area contributed by atoms with E-state index >= 15 is 0 Å². The van der Waals surface area contributed by atoms with Crippen LogP contribution in [0.1, 0.15) is 25.1 Å². The van der Waals surface area contributed by atoms with E-state index in [-0.39, 0.29) is 5.69 Å². The predicted molar refractivity (Wildman–Crippen MR) is 152 cm³/mol. The number of hydrogen-bond acceptors (Lipinski definition) is 6. The van der Waals surface area contributed by atoms with Crippen LogP contribution in [0.5, 0.6) is 0 Å². The lowest BCUT2D eigenvalue weighted by molar-refractivity contribution is 0.686. The fourth-order valence-corrected chi connectivity index (χ4v) is 4.58. The van der Waals surface area contributed by atoms with Gasteiger partial charge in [-0.3, -0.25) is 24.1 Å². The zero-order chi connectivity index (χ0) is 27.0. The molecule has 0 aliphatic carbocycles. The number of fused-ring (bicyclic) bond motifs is 3. The number of imidazole rings is 1. The molecular weight excluding hydrogens is 474 g/mol. The van der Waals surface area contributed by atoms with Crippen LogP contribution >= 0.6 is 0 Å². The van der Waals surface area contributed by atoms with E-state index in [2.05, 4.69) is 21.0 Å². The van der Waals surface area contributed by atoms with Gasteiger partial charge in [0.1, 0.15) is 0 Å². The third-order valence-electron chi connectivity index (χ3n) is 6.85. The maximum atomic E-state index is 13.4. The normalized spacial score (nSPS) is 12.4. The van der Waals surface area contributed by atoms with Crippen LogP contribution in [0.3, 0.4) is 0 Å². The average molecular weight is 502 g/mol. The minimum atomic E-state index is -0.624. The SMILES string of the molecule is CN=CC(=CN)c1ccc(-c2ccc3ncc4c(c3c2)n(-c2ccc(C(C)(C)C#N)cc2)c(=O)n4C)cn1. The van der Waals surface area contributed by atoms with Crippen molar-refractivity contribution in [2.24, 2.45) is 17.8 Å². The molecule has 8 nitrogen and oxygen atoms in total. The highest BCUT2D eigenvalue weighted by atomic mass is 16.1. The Balaban J connectivity index is 1.68. The van der Waals surface area contributed by atoms with Crippen molar-refractivity contribution in [2.75, 3.05) is 7.05 Å². The molecule has 5 aromatic rings. The molecule has 0 bridgehead atoms. The molecule has 0 spiro atoms. The summed E-state index contributed by atoms with van der Waals surface area (Å²) in [4.78, 5) is 26.6. The topological polar surface area (TPSA) is 115 Å². The molecular formula is C30H27N7O. The summed E-state index contributed by atoms with van der Waals surface area (Å²) >= 11 is 0. The van der Waals surface area contributed by atoms with Gasteiger partial charge in [0.05, 0.1) is 45.6 Å². The zero-order valence-corrected chi connectivity index (χ0v) is 21.7. The summed E-state index contributed by atoms with van der Waals surface area (Å²) < 4.78 is 3.31. The summed E-state index contributed by atoms with van der Waals surface area (Å²) in [6.45, 7) is 3.75. The fourth-order valence-electron chi connectivity index (χ4n) is 4.58. The number of pyridine rings is 2. The second-order valence-corrected chi connectivity index (χ2v) is 9.63. The number of benzene rings is 2. The van der Waals surface area contributed by atoms with Crippen LogP contribution in [0, 0.1) is 11.3 Å². The first-order valence-electron chi connectivity index (χ1n) is 12.1. The van der Waals surface area contributed by atoms with Gasteiger partial charge in [0.15, 0.2) is 0 Å². The molecule has 38 heavy (non-hydrogen) atoms. The van der Waals surface area contributed by atoms with Gasteiger partial charge in [0.2, 0.25) is 0 Å². The number of allylic oxidation sites excluding steroid dienone is 1. The van der Waals surface area contributed by atoms with Crippen LogP contribution in [0.2, 0.25) is 0 Å². The highest BCUT2D eigenvalue weighted by Crippen LogP contribution is 2.30. The number of aliphatic imine (C=N–C) groups is 1. The molecule has 0 aliphatic heterocycles. The van der Waals surface area contributed by atoms with Gasteiger partial charge in [-0.2, -0.15) is 5.26 Å². The lowest BCUT2D eigenvalue weighted by Gasteiger charge is -2.16. The van der Waals surface area contributed by atoms with Crippen LogP contribution in [0.4, 0.5) is 0 Å². The summed E-state index contributed by atoms with van der Waals surface area (Å²) in [6, 6.07) is 19.8. The molecule has 2 N–H and O–H groups in total. The Morgan fingerprint density at radius 1 is 1.05 bits per heavy atom. The van der Waals surface area contributed by atoms with E-state index in [9.17, 15) is 10.1 Å².